The van der Waals surface area contributed by atoms with Crippen molar-refractivity contribution in [2.75, 3.05) is 4.90 Å². The fourth-order valence-electron chi connectivity index (χ4n) is 11.6. The number of anilines is 3. The maximum absolute atomic E-state index is 7.29. The molecule has 0 unspecified atom stereocenters. The van der Waals surface area contributed by atoms with Gasteiger partial charge in [-0.1, -0.05) is 218 Å². The van der Waals surface area contributed by atoms with E-state index in [1.54, 1.807) is 0 Å². The van der Waals surface area contributed by atoms with Gasteiger partial charge in [0.15, 0.2) is 5.58 Å². The minimum atomic E-state index is -0.711. The number of fused-ring (bicyclic) bond motifs is 9. The van der Waals surface area contributed by atoms with Crippen LogP contribution in [0.3, 0.4) is 0 Å². The average molecular weight is 816 g/mol. The molecule has 13 rings (SSSR count). The van der Waals surface area contributed by atoms with Gasteiger partial charge in [0.1, 0.15) is 5.58 Å². The molecule has 64 heavy (non-hydrogen) atoms. The first-order valence-corrected chi connectivity index (χ1v) is 22.2. The lowest BCUT2D eigenvalue weighted by molar-refractivity contribution is 0.666. The van der Waals surface area contributed by atoms with E-state index in [0.717, 1.165) is 44.6 Å². The van der Waals surface area contributed by atoms with Crippen LogP contribution < -0.4 is 4.90 Å². The molecule has 300 valence electrons. The number of hydrogen-bond acceptors (Lipinski definition) is 2. The molecule has 0 amide bonds. The van der Waals surface area contributed by atoms with E-state index in [2.05, 4.69) is 254 Å². The Balaban J connectivity index is 1.22. The van der Waals surface area contributed by atoms with Crippen molar-refractivity contribution in [1.82, 2.24) is 0 Å². The molecule has 0 saturated carbocycles. The summed E-state index contributed by atoms with van der Waals surface area (Å²) in [6.45, 7) is 0. The Labute approximate surface area is 373 Å². The van der Waals surface area contributed by atoms with Crippen LogP contribution in [0.5, 0.6) is 0 Å². The Kier molecular flexibility index (Phi) is 8.07. The fraction of sp³-hybridized carbons (Fsp3) is 0.0323. The molecular formula is C62H41NO. The summed E-state index contributed by atoms with van der Waals surface area (Å²) in [5.41, 5.74) is 18.3. The van der Waals surface area contributed by atoms with Crippen LogP contribution >= 0.6 is 0 Å². The van der Waals surface area contributed by atoms with E-state index in [1.807, 2.05) is 0 Å². The van der Waals surface area contributed by atoms with Crippen LogP contribution in [0.25, 0.3) is 44.2 Å². The first-order valence-electron chi connectivity index (χ1n) is 22.2. The highest BCUT2D eigenvalue weighted by Crippen LogP contribution is 2.63. The van der Waals surface area contributed by atoms with E-state index in [-0.39, 0.29) is 0 Å². The van der Waals surface area contributed by atoms with Crippen molar-refractivity contribution in [3.05, 3.63) is 293 Å². The van der Waals surface area contributed by atoms with Gasteiger partial charge in [0.2, 0.25) is 0 Å². The lowest BCUT2D eigenvalue weighted by Gasteiger charge is -2.39. The van der Waals surface area contributed by atoms with Gasteiger partial charge < -0.3 is 9.32 Å². The molecule has 0 radical (unpaired) electrons. The molecule has 0 atom stereocenters. The average Bonchev–Trinajstić information content (AvgIpc) is 4.01. The van der Waals surface area contributed by atoms with Crippen LogP contribution in [0.4, 0.5) is 17.1 Å². The van der Waals surface area contributed by atoms with E-state index in [1.165, 1.54) is 61.2 Å². The molecule has 2 aliphatic rings. The van der Waals surface area contributed by atoms with Crippen molar-refractivity contribution in [3.63, 3.8) is 0 Å². The molecule has 11 aromatic rings. The Hall–Kier alpha value is -8.20. The van der Waals surface area contributed by atoms with E-state index >= 15 is 0 Å². The molecule has 0 aliphatic heterocycles. The van der Waals surface area contributed by atoms with Crippen LogP contribution in [0.15, 0.2) is 253 Å². The van der Waals surface area contributed by atoms with E-state index in [4.69, 9.17) is 4.42 Å². The minimum absolute atomic E-state index is 0.574. The summed E-state index contributed by atoms with van der Waals surface area (Å²) in [6.07, 6.45) is 0. The highest BCUT2D eigenvalue weighted by atomic mass is 16.3. The lowest BCUT2D eigenvalue weighted by atomic mass is 9.66. The van der Waals surface area contributed by atoms with Crippen molar-refractivity contribution in [2.45, 2.75) is 10.8 Å². The highest BCUT2D eigenvalue weighted by Gasteiger charge is 2.50. The van der Waals surface area contributed by atoms with E-state index in [9.17, 15) is 0 Å². The van der Waals surface area contributed by atoms with Crippen molar-refractivity contribution < 1.29 is 4.42 Å². The summed E-state index contributed by atoms with van der Waals surface area (Å²) in [7, 11) is 0. The molecule has 0 N–H and O–H groups in total. The van der Waals surface area contributed by atoms with Gasteiger partial charge >= 0.3 is 0 Å². The smallest absolute Gasteiger partial charge is 0.159 e. The van der Waals surface area contributed by atoms with Crippen molar-refractivity contribution >= 4 is 39.0 Å². The third-order valence-corrected chi connectivity index (χ3v) is 14.0. The highest BCUT2D eigenvalue weighted by molar-refractivity contribution is 6.13. The van der Waals surface area contributed by atoms with E-state index in [0.29, 0.717) is 0 Å². The van der Waals surface area contributed by atoms with Gasteiger partial charge in [-0.15, -0.1) is 0 Å². The van der Waals surface area contributed by atoms with E-state index < -0.39 is 10.8 Å². The molecule has 0 saturated heterocycles. The Morgan fingerprint density at radius 1 is 0.312 bits per heavy atom. The molecule has 2 nitrogen and oxygen atoms in total. The van der Waals surface area contributed by atoms with Crippen molar-refractivity contribution in [2.24, 2.45) is 0 Å². The summed E-state index contributed by atoms with van der Waals surface area (Å²) >= 11 is 0. The molecule has 0 spiro atoms. The molecule has 0 fully saturated rings. The lowest BCUT2D eigenvalue weighted by Crippen LogP contribution is -2.31. The van der Waals surface area contributed by atoms with Gasteiger partial charge in [-0.2, -0.15) is 0 Å². The van der Waals surface area contributed by atoms with Gasteiger partial charge in [0, 0.05) is 22.0 Å². The summed E-state index contributed by atoms with van der Waals surface area (Å²) in [5, 5.41) is 2.17. The summed E-state index contributed by atoms with van der Waals surface area (Å²) in [4.78, 5) is 2.52. The Morgan fingerprint density at radius 2 is 0.781 bits per heavy atom. The van der Waals surface area contributed by atoms with Gasteiger partial charge in [0.05, 0.1) is 22.2 Å². The first-order chi connectivity index (χ1) is 31.8. The molecule has 2 heteroatoms. The zero-order valence-electron chi connectivity index (χ0n) is 35.0. The van der Waals surface area contributed by atoms with Crippen LogP contribution in [-0.2, 0) is 10.8 Å². The molecule has 1 aromatic heterocycles. The second kappa shape index (κ2) is 14.2. The van der Waals surface area contributed by atoms with Gasteiger partial charge in [-0.3, -0.25) is 0 Å². The number of benzene rings is 10. The molecule has 10 aromatic carbocycles. The largest absolute Gasteiger partial charge is 0.454 e. The zero-order chi connectivity index (χ0) is 42.2. The number of para-hydroxylation sites is 2. The molecule has 0 bridgehead atoms. The topological polar surface area (TPSA) is 16.4 Å². The van der Waals surface area contributed by atoms with Crippen LogP contribution in [-0.4, -0.2) is 0 Å². The third-order valence-electron chi connectivity index (χ3n) is 14.0. The van der Waals surface area contributed by atoms with Crippen LogP contribution in [0, 0.1) is 0 Å². The quantitative estimate of drug-likeness (QED) is 0.159. The number of furan rings is 1. The predicted molar refractivity (Wildman–Crippen MR) is 263 cm³/mol. The standard InChI is InChI=1S/C62H41NO/c1-5-22-42(23-6-1)61(43-24-7-2-8-25-43)53-36-19-15-33-50(53)58-54(61)37-21-38-56(58)63(45-28-11-4-12-29-45)59-55(41-40-49-48-32-16-20-39-57(48)64-60(49)59)62(44-26-9-3-10-27-44)51-34-17-13-30-46(51)47-31-14-18-35-52(47)62/h1-41H. The molecular weight excluding hydrogens is 775 g/mol. The first kappa shape index (κ1) is 36.5. The number of rotatable bonds is 7. The van der Waals surface area contributed by atoms with Crippen molar-refractivity contribution in [3.8, 4) is 22.3 Å². The maximum atomic E-state index is 7.29. The summed E-state index contributed by atoms with van der Waals surface area (Å²) in [6, 6.07) is 91.4. The number of hydrogen-bond donors (Lipinski definition) is 0. The van der Waals surface area contributed by atoms with Crippen molar-refractivity contribution in [1.29, 1.82) is 0 Å². The Morgan fingerprint density at radius 3 is 1.39 bits per heavy atom. The van der Waals surface area contributed by atoms with Crippen LogP contribution in [0.1, 0.15) is 44.5 Å². The Bertz CT molecular complexity index is 3470. The second-order valence-corrected chi connectivity index (χ2v) is 17.0. The third kappa shape index (κ3) is 4.91. The minimum Gasteiger partial charge on any atom is -0.454 e. The zero-order valence-corrected chi connectivity index (χ0v) is 35.0. The monoisotopic (exact) mass is 815 g/mol. The summed E-state index contributed by atoms with van der Waals surface area (Å²) < 4.78 is 7.29. The maximum Gasteiger partial charge on any atom is 0.159 e. The van der Waals surface area contributed by atoms with Gasteiger partial charge in [-0.25, -0.2) is 0 Å². The summed E-state index contributed by atoms with van der Waals surface area (Å²) in [5.74, 6) is 0. The number of nitrogens with zero attached hydrogens (tertiary/aromatic N) is 1. The van der Waals surface area contributed by atoms with Crippen LogP contribution in [0.2, 0.25) is 0 Å². The fourth-order valence-corrected chi connectivity index (χ4v) is 11.6. The molecule has 1 heterocycles. The molecule has 2 aliphatic carbocycles. The van der Waals surface area contributed by atoms with Gasteiger partial charge in [0.25, 0.3) is 0 Å². The predicted octanol–water partition coefficient (Wildman–Crippen LogP) is 15.8. The van der Waals surface area contributed by atoms with Gasteiger partial charge in [-0.05, 0) is 91.5 Å². The normalized spacial score (nSPS) is 13.9. The SMILES string of the molecule is c1ccc(N(c2cccc3c2-c2ccccc2C3(c2ccccc2)c2ccccc2)c2c(C3(c4ccccc4)c4ccccc4-c4ccccc43)ccc3c2oc2ccccc23)cc1. The second-order valence-electron chi connectivity index (χ2n) is 17.0.